The lowest BCUT2D eigenvalue weighted by Gasteiger charge is -2.43. The Kier molecular flexibility index (Phi) is 9.08. The summed E-state index contributed by atoms with van der Waals surface area (Å²) in [6, 6.07) is 8.80. The summed E-state index contributed by atoms with van der Waals surface area (Å²) in [5.41, 5.74) is 4.47. The molecule has 2 aliphatic rings. The third kappa shape index (κ3) is 6.43. The van der Waals surface area contributed by atoms with Crippen molar-refractivity contribution in [2.24, 2.45) is 5.92 Å². The van der Waals surface area contributed by atoms with Gasteiger partial charge >= 0.3 is 5.97 Å². The minimum absolute atomic E-state index is 0. The first-order valence-electron chi connectivity index (χ1n) is 11.4. The number of pyridine rings is 1. The van der Waals surface area contributed by atoms with E-state index in [2.05, 4.69) is 12.1 Å². The van der Waals surface area contributed by atoms with Gasteiger partial charge in [-0.2, -0.15) is 13.5 Å². The molecule has 1 aromatic heterocycles. The van der Waals surface area contributed by atoms with E-state index in [1.807, 2.05) is 0 Å². The molecule has 1 N–H and O–H groups in total. The lowest BCUT2D eigenvalue weighted by molar-refractivity contribution is -0.154. The van der Waals surface area contributed by atoms with Gasteiger partial charge in [0.1, 0.15) is 0 Å². The van der Waals surface area contributed by atoms with E-state index in [9.17, 15) is 14.7 Å². The monoisotopic (exact) mass is 508 g/mol. The number of carbonyl (C=O) groups excluding carboxylic acids is 1. The molecule has 2 atom stereocenters. The van der Waals surface area contributed by atoms with Crippen molar-refractivity contribution in [1.82, 2.24) is 9.88 Å². The molecule has 0 radical (unpaired) electrons. The van der Waals surface area contributed by atoms with Crippen LogP contribution in [0.1, 0.15) is 67.1 Å². The zero-order valence-corrected chi connectivity index (χ0v) is 21.0. The first-order chi connectivity index (χ1) is 15.4. The van der Waals surface area contributed by atoms with E-state index in [0.717, 1.165) is 44.2 Å². The van der Waals surface area contributed by atoms with Crippen LogP contribution in [0.15, 0.2) is 30.3 Å². The number of amides is 1. The predicted octanol–water partition coefficient (Wildman–Crippen LogP) is 5.77. The molecule has 5 nitrogen and oxygen atoms in total. The molecule has 2 heterocycles. The van der Waals surface area contributed by atoms with Crippen LogP contribution in [0.25, 0.3) is 0 Å². The number of aromatic nitrogens is 1. The number of carboxylic acids is 1. The van der Waals surface area contributed by atoms with E-state index in [1.165, 1.54) is 24.1 Å². The third-order valence-corrected chi connectivity index (χ3v) is 6.97. The van der Waals surface area contributed by atoms with Gasteiger partial charge in [0.05, 0.1) is 18.4 Å². The number of carbonyl (C=O) groups is 2. The number of hydrogen-bond donors (Lipinski definition) is 1. The largest absolute Gasteiger partial charge is 0.481 e. The van der Waals surface area contributed by atoms with E-state index >= 15 is 0 Å². The van der Waals surface area contributed by atoms with E-state index in [-0.39, 0.29) is 31.7 Å². The summed E-state index contributed by atoms with van der Waals surface area (Å²) in [5.74, 6) is -0.989. The van der Waals surface area contributed by atoms with Crippen molar-refractivity contribution in [2.45, 2.75) is 63.8 Å². The third-order valence-electron chi connectivity index (χ3n) is 6.53. The maximum Gasteiger partial charge on any atom is 0.305 e. The second kappa shape index (κ2) is 11.6. The van der Waals surface area contributed by atoms with Crippen molar-refractivity contribution in [3.63, 3.8) is 0 Å². The molecule has 1 aromatic carbocycles. The van der Waals surface area contributed by atoms with Crippen LogP contribution in [0.3, 0.4) is 0 Å². The molecule has 0 spiro atoms. The topological polar surface area (TPSA) is 70.5 Å². The zero-order valence-electron chi connectivity index (χ0n) is 18.5. The number of nitrogens with zero attached hydrogens (tertiary/aromatic N) is 2. The molecule has 2 aromatic rings. The van der Waals surface area contributed by atoms with Gasteiger partial charge in [-0.15, -0.1) is 0 Å². The van der Waals surface area contributed by atoms with Gasteiger partial charge in [0, 0.05) is 28.0 Å². The Morgan fingerprint density at radius 2 is 1.85 bits per heavy atom. The molecule has 1 unspecified atom stereocenters. The average Bonchev–Trinajstić information content (AvgIpc) is 2.75. The average molecular weight is 509 g/mol. The highest BCUT2D eigenvalue weighted by atomic mass is 35.5. The number of aryl methyl sites for hydroxylation is 3. The summed E-state index contributed by atoms with van der Waals surface area (Å²) in [5, 5.41) is 10.2. The molecule has 0 saturated carbocycles. The van der Waals surface area contributed by atoms with E-state index in [0.29, 0.717) is 22.2 Å². The van der Waals surface area contributed by atoms with Crippen molar-refractivity contribution in [3.05, 3.63) is 62.9 Å². The van der Waals surface area contributed by atoms with Crippen molar-refractivity contribution in [1.29, 1.82) is 0 Å². The SMILES string of the molecule is O=C(O)C[C@@H](c1cc(Cl)cc(Cl)c1)N1CC(CCCCc2ccc3c(n2)CCCC3)C1=O.S. The number of β-lactam (4-membered cyclic amide) rings is 1. The molecule has 33 heavy (non-hydrogen) atoms. The molecule has 1 aliphatic carbocycles. The first-order valence-corrected chi connectivity index (χ1v) is 12.1. The van der Waals surface area contributed by atoms with Crippen LogP contribution >= 0.6 is 36.7 Å². The van der Waals surface area contributed by atoms with Crippen LogP contribution in [-0.2, 0) is 28.9 Å². The Balaban J connectivity index is 0.00000306. The first kappa shape index (κ1) is 25.9. The number of likely N-dealkylation sites (tertiary alicyclic amines) is 1. The minimum atomic E-state index is -0.958. The number of benzene rings is 1. The van der Waals surface area contributed by atoms with Crippen LogP contribution < -0.4 is 0 Å². The van der Waals surface area contributed by atoms with Crippen molar-refractivity contribution < 1.29 is 14.7 Å². The van der Waals surface area contributed by atoms with Gasteiger partial charge in [-0.1, -0.05) is 35.7 Å². The van der Waals surface area contributed by atoms with Gasteiger partial charge in [-0.05, 0) is 80.3 Å². The lowest BCUT2D eigenvalue weighted by atomic mass is 9.88. The molecule has 178 valence electrons. The standard InChI is InChI=1S/C25H28Cl2N2O3.H2S/c26-19-11-18(12-20(27)13-19)23(14-24(30)31)29-15-17(25(29)32)6-1-3-7-21-10-9-16-5-2-4-8-22(16)28-21;/h9-13,17,23H,1-8,14-15H2,(H,30,31);1H2/t17?,23-;/m0./s1. The molecule has 4 rings (SSSR count). The van der Waals surface area contributed by atoms with Gasteiger partial charge in [0.2, 0.25) is 5.91 Å². The fraction of sp³-hybridized carbons (Fsp3) is 0.480. The van der Waals surface area contributed by atoms with Crippen LogP contribution in [0, 0.1) is 5.92 Å². The van der Waals surface area contributed by atoms with Crippen molar-refractivity contribution >= 4 is 48.6 Å². The van der Waals surface area contributed by atoms with Crippen LogP contribution in [-0.4, -0.2) is 33.4 Å². The number of fused-ring (bicyclic) bond motifs is 1. The number of carboxylic acid groups (broad SMARTS) is 1. The highest BCUT2D eigenvalue weighted by Crippen LogP contribution is 2.36. The quantitative estimate of drug-likeness (QED) is 0.344. The second-order valence-electron chi connectivity index (χ2n) is 8.87. The van der Waals surface area contributed by atoms with Crippen molar-refractivity contribution in [2.75, 3.05) is 6.54 Å². The van der Waals surface area contributed by atoms with E-state index in [4.69, 9.17) is 28.2 Å². The van der Waals surface area contributed by atoms with Crippen LogP contribution in [0.2, 0.25) is 10.0 Å². The molecule has 1 amide bonds. The van der Waals surface area contributed by atoms with Gasteiger partial charge in [0.25, 0.3) is 0 Å². The summed E-state index contributed by atoms with van der Waals surface area (Å²) in [4.78, 5) is 30.7. The Morgan fingerprint density at radius 3 is 2.55 bits per heavy atom. The fourth-order valence-electron chi connectivity index (χ4n) is 4.83. The number of unbranched alkanes of at least 4 members (excludes halogenated alkanes) is 1. The zero-order chi connectivity index (χ0) is 22.7. The Labute approximate surface area is 211 Å². The molecule has 1 aliphatic heterocycles. The highest BCUT2D eigenvalue weighted by Gasteiger charge is 2.41. The smallest absolute Gasteiger partial charge is 0.305 e. The predicted molar refractivity (Wildman–Crippen MR) is 135 cm³/mol. The Bertz CT molecular complexity index is 997. The van der Waals surface area contributed by atoms with Crippen molar-refractivity contribution in [3.8, 4) is 0 Å². The number of halogens is 2. The van der Waals surface area contributed by atoms with Gasteiger partial charge in [-0.3, -0.25) is 14.6 Å². The number of rotatable bonds is 9. The normalized spacial score (nSPS) is 18.2. The molecular weight excluding hydrogens is 479 g/mol. The lowest BCUT2D eigenvalue weighted by Crippen LogP contribution is -2.54. The number of aliphatic carboxylic acids is 1. The summed E-state index contributed by atoms with van der Waals surface area (Å²) in [6.07, 6.45) is 8.26. The molecule has 1 saturated heterocycles. The number of hydrogen-bond acceptors (Lipinski definition) is 3. The summed E-state index contributed by atoms with van der Waals surface area (Å²) < 4.78 is 0. The van der Waals surface area contributed by atoms with E-state index in [1.54, 1.807) is 23.1 Å². The maximum absolute atomic E-state index is 12.8. The highest BCUT2D eigenvalue weighted by molar-refractivity contribution is 7.59. The molecule has 0 bridgehead atoms. The fourth-order valence-corrected chi connectivity index (χ4v) is 5.37. The van der Waals surface area contributed by atoms with Crippen LogP contribution in [0.4, 0.5) is 0 Å². The summed E-state index contributed by atoms with van der Waals surface area (Å²) in [7, 11) is 0. The maximum atomic E-state index is 12.8. The van der Waals surface area contributed by atoms with Gasteiger partial charge in [0.15, 0.2) is 0 Å². The van der Waals surface area contributed by atoms with E-state index < -0.39 is 12.0 Å². The van der Waals surface area contributed by atoms with Gasteiger partial charge in [-0.25, -0.2) is 0 Å². The summed E-state index contributed by atoms with van der Waals surface area (Å²) >= 11 is 12.2. The Hall–Kier alpha value is -1.76. The van der Waals surface area contributed by atoms with Crippen LogP contribution in [0.5, 0.6) is 0 Å². The Morgan fingerprint density at radius 1 is 1.12 bits per heavy atom. The second-order valence-corrected chi connectivity index (χ2v) is 9.74. The minimum Gasteiger partial charge on any atom is -0.481 e. The molecule has 8 heteroatoms. The summed E-state index contributed by atoms with van der Waals surface area (Å²) in [6.45, 7) is 0.567. The molecule has 1 fully saturated rings. The van der Waals surface area contributed by atoms with Gasteiger partial charge < -0.3 is 10.0 Å². The molecular formula is C25H30Cl2N2O3S.